The number of nitrogens with one attached hydrogen (secondary N) is 1. The molecule has 4 nitrogen and oxygen atoms in total. The van der Waals surface area contributed by atoms with Gasteiger partial charge in [-0.3, -0.25) is 4.79 Å². The van der Waals surface area contributed by atoms with E-state index in [4.69, 9.17) is 21.1 Å². The minimum Gasteiger partial charge on any atom is -0.495 e. The molecule has 23 heavy (non-hydrogen) atoms. The third-order valence-electron chi connectivity index (χ3n) is 3.03. The summed E-state index contributed by atoms with van der Waals surface area (Å²) in [7, 11) is 2.95. The Bertz CT molecular complexity index is 729. The van der Waals surface area contributed by atoms with Gasteiger partial charge in [-0.15, -0.1) is 0 Å². The number of halogens is 2. The molecule has 0 aliphatic heterocycles. The van der Waals surface area contributed by atoms with Gasteiger partial charge in [0.1, 0.15) is 17.3 Å². The van der Waals surface area contributed by atoms with Gasteiger partial charge in [-0.2, -0.15) is 0 Å². The number of carbonyl (C=O) groups excluding carboxylic acids is 1. The van der Waals surface area contributed by atoms with Crippen molar-refractivity contribution in [2.45, 2.75) is 0 Å². The van der Waals surface area contributed by atoms with Gasteiger partial charge in [0.15, 0.2) is 0 Å². The quantitative estimate of drug-likeness (QED) is 0.835. The highest BCUT2D eigenvalue weighted by atomic mass is 35.5. The van der Waals surface area contributed by atoms with Crippen molar-refractivity contribution in [3.05, 3.63) is 58.9 Å². The monoisotopic (exact) mass is 335 g/mol. The van der Waals surface area contributed by atoms with Crippen LogP contribution in [0, 0.1) is 5.82 Å². The Morgan fingerprint density at radius 1 is 1.13 bits per heavy atom. The number of amides is 1. The van der Waals surface area contributed by atoms with Crippen LogP contribution in [0.1, 0.15) is 5.56 Å². The first kappa shape index (κ1) is 16.8. The Morgan fingerprint density at radius 3 is 2.39 bits per heavy atom. The summed E-state index contributed by atoms with van der Waals surface area (Å²) in [6, 6.07) is 8.93. The van der Waals surface area contributed by atoms with Crippen molar-refractivity contribution in [1.29, 1.82) is 0 Å². The van der Waals surface area contributed by atoms with E-state index in [9.17, 15) is 9.18 Å². The van der Waals surface area contributed by atoms with Gasteiger partial charge in [-0.25, -0.2) is 4.39 Å². The minimum atomic E-state index is -0.364. The smallest absolute Gasteiger partial charge is 0.248 e. The van der Waals surface area contributed by atoms with Crippen molar-refractivity contribution < 1.29 is 18.7 Å². The first-order valence-corrected chi connectivity index (χ1v) is 7.07. The van der Waals surface area contributed by atoms with Crippen LogP contribution in [0.2, 0.25) is 5.02 Å². The molecule has 0 radical (unpaired) electrons. The van der Waals surface area contributed by atoms with E-state index in [-0.39, 0.29) is 11.7 Å². The highest BCUT2D eigenvalue weighted by molar-refractivity contribution is 6.32. The molecular formula is C17H15ClFNO3. The Kier molecular flexibility index (Phi) is 5.60. The summed E-state index contributed by atoms with van der Waals surface area (Å²) in [5.41, 5.74) is 1.14. The number of carbonyl (C=O) groups is 1. The van der Waals surface area contributed by atoms with Gasteiger partial charge >= 0.3 is 0 Å². The molecule has 1 N–H and O–H groups in total. The Morgan fingerprint density at radius 2 is 1.78 bits per heavy atom. The molecule has 0 aliphatic carbocycles. The third-order valence-corrected chi connectivity index (χ3v) is 3.32. The van der Waals surface area contributed by atoms with E-state index in [1.807, 2.05) is 0 Å². The second-order valence-corrected chi connectivity index (χ2v) is 4.97. The predicted octanol–water partition coefficient (Wildman–Crippen LogP) is 4.15. The first-order chi connectivity index (χ1) is 11.0. The van der Waals surface area contributed by atoms with Gasteiger partial charge < -0.3 is 14.8 Å². The van der Waals surface area contributed by atoms with Gasteiger partial charge in [0, 0.05) is 18.2 Å². The molecule has 2 aromatic rings. The number of hydrogen-bond acceptors (Lipinski definition) is 3. The van der Waals surface area contributed by atoms with E-state index >= 15 is 0 Å². The summed E-state index contributed by atoms with van der Waals surface area (Å²) >= 11 is 6.01. The number of hydrogen-bond donors (Lipinski definition) is 1. The lowest BCUT2D eigenvalue weighted by molar-refractivity contribution is -0.111. The molecule has 120 valence electrons. The normalized spacial score (nSPS) is 10.6. The molecule has 1 amide bonds. The Hall–Kier alpha value is -2.53. The molecule has 0 spiro atoms. The van der Waals surface area contributed by atoms with Gasteiger partial charge in [0.25, 0.3) is 0 Å². The number of rotatable bonds is 5. The lowest BCUT2D eigenvalue weighted by Gasteiger charge is -2.12. The zero-order valence-electron chi connectivity index (χ0n) is 12.6. The summed E-state index contributed by atoms with van der Waals surface area (Å²) in [5.74, 6) is 0.145. The molecule has 0 aromatic heterocycles. The van der Waals surface area contributed by atoms with Crippen LogP contribution in [0.3, 0.4) is 0 Å². The second kappa shape index (κ2) is 7.65. The van der Waals surface area contributed by atoms with Crippen LogP contribution in [0.15, 0.2) is 42.5 Å². The number of ether oxygens (including phenoxy) is 2. The SMILES string of the molecule is COc1cc(NC(=O)/C=C/c2ccc(F)cc2)c(OC)cc1Cl. The Balaban J connectivity index is 2.14. The summed E-state index contributed by atoms with van der Waals surface area (Å²) in [6.45, 7) is 0. The Labute approximate surface area is 138 Å². The zero-order chi connectivity index (χ0) is 16.8. The standard InChI is InChI=1S/C17H15ClFNO3/c1-22-15-10-14(16(23-2)9-13(15)18)20-17(21)8-5-11-3-6-12(19)7-4-11/h3-10H,1-2H3,(H,20,21)/b8-5+. The highest BCUT2D eigenvalue weighted by Gasteiger charge is 2.11. The van der Waals surface area contributed by atoms with Crippen molar-refractivity contribution >= 4 is 29.3 Å². The number of methoxy groups -OCH3 is 2. The van der Waals surface area contributed by atoms with Gasteiger partial charge in [0.2, 0.25) is 5.91 Å². The largest absolute Gasteiger partial charge is 0.495 e. The van der Waals surface area contributed by atoms with E-state index < -0.39 is 0 Å². The maximum atomic E-state index is 12.8. The predicted molar refractivity (Wildman–Crippen MR) is 88.6 cm³/mol. The van der Waals surface area contributed by atoms with Crippen LogP contribution >= 0.6 is 11.6 Å². The fourth-order valence-corrected chi connectivity index (χ4v) is 2.11. The number of benzene rings is 2. The lowest BCUT2D eigenvalue weighted by atomic mass is 10.2. The van der Waals surface area contributed by atoms with Crippen LogP contribution in [0.4, 0.5) is 10.1 Å². The molecule has 0 atom stereocenters. The van der Waals surface area contributed by atoms with E-state index in [1.165, 1.54) is 32.4 Å². The zero-order valence-corrected chi connectivity index (χ0v) is 13.4. The van der Waals surface area contributed by atoms with E-state index in [1.54, 1.807) is 30.3 Å². The van der Waals surface area contributed by atoms with Crippen LogP contribution in [-0.2, 0) is 4.79 Å². The molecule has 0 saturated heterocycles. The van der Waals surface area contributed by atoms with Crippen molar-refractivity contribution in [3.63, 3.8) is 0 Å². The molecule has 6 heteroatoms. The second-order valence-electron chi connectivity index (χ2n) is 4.56. The summed E-state index contributed by atoms with van der Waals surface area (Å²) in [4.78, 5) is 12.0. The van der Waals surface area contributed by atoms with Crippen molar-refractivity contribution in [2.24, 2.45) is 0 Å². The molecule has 2 rings (SSSR count). The third kappa shape index (κ3) is 4.47. The highest BCUT2D eigenvalue weighted by Crippen LogP contribution is 2.35. The fraction of sp³-hybridized carbons (Fsp3) is 0.118. The van der Waals surface area contributed by atoms with Gasteiger partial charge in [-0.1, -0.05) is 23.7 Å². The first-order valence-electron chi connectivity index (χ1n) is 6.69. The average molecular weight is 336 g/mol. The maximum absolute atomic E-state index is 12.8. The molecule has 0 heterocycles. The molecule has 0 aliphatic rings. The lowest BCUT2D eigenvalue weighted by Crippen LogP contribution is -2.09. The molecule has 0 saturated carbocycles. The van der Waals surface area contributed by atoms with Crippen LogP contribution in [-0.4, -0.2) is 20.1 Å². The van der Waals surface area contributed by atoms with Gasteiger partial charge in [-0.05, 0) is 23.8 Å². The molecule has 2 aromatic carbocycles. The summed E-state index contributed by atoms with van der Waals surface area (Å²) < 4.78 is 23.1. The summed E-state index contributed by atoms with van der Waals surface area (Å²) in [5, 5.41) is 3.06. The van der Waals surface area contributed by atoms with E-state index in [0.29, 0.717) is 27.8 Å². The van der Waals surface area contributed by atoms with Crippen molar-refractivity contribution in [1.82, 2.24) is 0 Å². The van der Waals surface area contributed by atoms with Crippen LogP contribution < -0.4 is 14.8 Å². The van der Waals surface area contributed by atoms with Crippen LogP contribution in [0.5, 0.6) is 11.5 Å². The average Bonchev–Trinajstić information content (AvgIpc) is 2.55. The van der Waals surface area contributed by atoms with Crippen molar-refractivity contribution in [2.75, 3.05) is 19.5 Å². The maximum Gasteiger partial charge on any atom is 0.248 e. The van der Waals surface area contributed by atoms with Gasteiger partial charge in [0.05, 0.1) is 24.9 Å². The minimum absolute atomic E-state index is 0.329. The van der Waals surface area contributed by atoms with Crippen LogP contribution in [0.25, 0.3) is 6.08 Å². The fourth-order valence-electron chi connectivity index (χ4n) is 1.88. The molecular weight excluding hydrogens is 321 g/mol. The van der Waals surface area contributed by atoms with Crippen molar-refractivity contribution in [3.8, 4) is 11.5 Å². The number of anilines is 1. The molecule has 0 fully saturated rings. The van der Waals surface area contributed by atoms with E-state index in [0.717, 1.165) is 0 Å². The molecule has 0 bridgehead atoms. The summed E-state index contributed by atoms with van der Waals surface area (Å²) in [6.07, 6.45) is 2.92. The molecule has 0 unspecified atom stereocenters. The topological polar surface area (TPSA) is 47.6 Å². The van der Waals surface area contributed by atoms with E-state index in [2.05, 4.69) is 5.32 Å².